The molecule has 0 aromatic carbocycles. The third-order valence-corrected chi connectivity index (χ3v) is 5.47. The molecular formula is C18H23N5O3S. The first-order chi connectivity index (χ1) is 12.5. The van der Waals surface area contributed by atoms with Crippen LogP contribution in [0.15, 0.2) is 19.1 Å². The monoisotopic (exact) mass is 389 g/mol. The zero-order chi connectivity index (χ0) is 20.1. The lowest BCUT2D eigenvalue weighted by atomic mass is 9.96. The summed E-state index contributed by atoms with van der Waals surface area (Å²) in [5.74, 6) is 1.89. The molecule has 0 N–H and O–H groups in total. The van der Waals surface area contributed by atoms with E-state index in [9.17, 15) is 9.59 Å². The van der Waals surface area contributed by atoms with Crippen molar-refractivity contribution in [3.8, 4) is 0 Å². The highest BCUT2D eigenvalue weighted by molar-refractivity contribution is 7.98. The molecule has 27 heavy (non-hydrogen) atoms. The van der Waals surface area contributed by atoms with Crippen LogP contribution in [0.25, 0.3) is 11.0 Å². The normalized spacial score (nSPS) is 12.1. The van der Waals surface area contributed by atoms with Crippen molar-refractivity contribution >= 4 is 22.8 Å². The first kappa shape index (κ1) is 19.3. The topological polar surface area (TPSA) is 95.8 Å². The van der Waals surface area contributed by atoms with Gasteiger partial charge in [-0.1, -0.05) is 25.9 Å². The number of fused-ring (bicyclic) bond motifs is 1. The van der Waals surface area contributed by atoms with Crippen molar-refractivity contribution in [1.29, 1.82) is 0 Å². The molecule has 0 atom stereocenters. The van der Waals surface area contributed by atoms with Crippen LogP contribution < -0.4 is 11.2 Å². The minimum Gasteiger partial charge on any atom is -0.361 e. The first-order valence-electron chi connectivity index (χ1n) is 8.55. The number of rotatable bonds is 3. The smallest absolute Gasteiger partial charge is 0.332 e. The molecule has 0 radical (unpaired) electrons. The van der Waals surface area contributed by atoms with E-state index in [1.54, 1.807) is 7.05 Å². The second-order valence-corrected chi connectivity index (χ2v) is 8.56. The predicted octanol–water partition coefficient (Wildman–Crippen LogP) is 2.22. The first-order valence-corrected chi connectivity index (χ1v) is 9.53. The molecule has 0 spiro atoms. The van der Waals surface area contributed by atoms with Crippen molar-refractivity contribution < 1.29 is 4.52 Å². The number of aromatic nitrogens is 5. The van der Waals surface area contributed by atoms with E-state index < -0.39 is 11.2 Å². The number of thioether (sulfide) groups is 1. The molecule has 0 fully saturated rings. The molecule has 0 unspecified atom stereocenters. The van der Waals surface area contributed by atoms with Gasteiger partial charge in [0.05, 0.1) is 5.69 Å². The third kappa shape index (κ3) is 3.31. The van der Waals surface area contributed by atoms with Crippen molar-refractivity contribution in [1.82, 2.24) is 24.3 Å². The fourth-order valence-electron chi connectivity index (χ4n) is 2.72. The lowest BCUT2D eigenvalue weighted by molar-refractivity contribution is 0.392. The highest BCUT2D eigenvalue weighted by atomic mass is 32.2. The Hall–Kier alpha value is -2.42. The molecule has 144 valence electrons. The summed E-state index contributed by atoms with van der Waals surface area (Å²) in [6.07, 6.45) is 0. The van der Waals surface area contributed by atoms with Crippen molar-refractivity contribution in [2.45, 2.75) is 50.8 Å². The molecule has 0 saturated carbocycles. The van der Waals surface area contributed by atoms with E-state index in [2.05, 4.69) is 15.1 Å². The maximum atomic E-state index is 12.8. The van der Waals surface area contributed by atoms with Gasteiger partial charge in [0.15, 0.2) is 5.65 Å². The molecule has 3 rings (SSSR count). The zero-order valence-corrected chi connectivity index (χ0v) is 17.4. The van der Waals surface area contributed by atoms with Crippen LogP contribution in [0.4, 0.5) is 0 Å². The van der Waals surface area contributed by atoms with Gasteiger partial charge >= 0.3 is 5.69 Å². The Labute approximate surface area is 160 Å². The van der Waals surface area contributed by atoms with Crippen LogP contribution in [0.1, 0.15) is 43.6 Å². The number of nitrogens with zero attached hydrogens (tertiary/aromatic N) is 5. The van der Waals surface area contributed by atoms with Gasteiger partial charge in [-0.25, -0.2) is 14.8 Å². The van der Waals surface area contributed by atoms with Crippen molar-refractivity contribution in [2.24, 2.45) is 14.1 Å². The Morgan fingerprint density at radius 3 is 2.30 bits per heavy atom. The summed E-state index contributed by atoms with van der Waals surface area (Å²) in [5, 5.41) is 4.88. The van der Waals surface area contributed by atoms with Crippen LogP contribution in [0, 0.1) is 13.8 Å². The van der Waals surface area contributed by atoms with Gasteiger partial charge in [-0.2, -0.15) is 0 Å². The van der Waals surface area contributed by atoms with Crippen molar-refractivity contribution in [3.05, 3.63) is 43.7 Å². The lowest BCUT2D eigenvalue weighted by Crippen LogP contribution is -2.38. The Kier molecular flexibility index (Phi) is 4.75. The van der Waals surface area contributed by atoms with E-state index in [-0.39, 0.29) is 5.41 Å². The number of aryl methyl sites for hydroxylation is 3. The van der Waals surface area contributed by atoms with E-state index in [4.69, 9.17) is 4.52 Å². The molecule has 0 aliphatic carbocycles. The average Bonchev–Trinajstić information content (AvgIpc) is 2.92. The summed E-state index contributed by atoms with van der Waals surface area (Å²) in [4.78, 5) is 34.4. The molecule has 0 aliphatic heterocycles. The van der Waals surface area contributed by atoms with Crippen molar-refractivity contribution in [3.63, 3.8) is 0 Å². The SMILES string of the molecule is Cc1noc(C)c1CSc1nc(C(C)(C)C)nc2c1c(=O)n(C)c(=O)n2C. The van der Waals surface area contributed by atoms with Crippen LogP contribution in [0.3, 0.4) is 0 Å². The average molecular weight is 389 g/mol. The van der Waals surface area contributed by atoms with E-state index in [1.165, 1.54) is 23.4 Å². The standard InChI is InChI=1S/C18H23N5O3S/c1-9-11(10(2)26-21-9)8-27-14-12-13(19-16(20-14)18(3,4)5)22(6)17(25)23(7)15(12)24/h8H2,1-7H3. The van der Waals surface area contributed by atoms with Gasteiger partial charge in [0.1, 0.15) is 22.0 Å². The van der Waals surface area contributed by atoms with Crippen LogP contribution >= 0.6 is 11.8 Å². The van der Waals surface area contributed by atoms with Gasteiger partial charge in [0, 0.05) is 30.8 Å². The van der Waals surface area contributed by atoms with Crippen LogP contribution in [-0.2, 0) is 25.3 Å². The molecule has 0 amide bonds. The third-order valence-electron chi connectivity index (χ3n) is 4.47. The highest BCUT2D eigenvalue weighted by Crippen LogP contribution is 2.30. The molecule has 8 nitrogen and oxygen atoms in total. The van der Waals surface area contributed by atoms with Crippen LogP contribution in [-0.4, -0.2) is 24.3 Å². The molecule has 0 aliphatic rings. The van der Waals surface area contributed by atoms with Gasteiger partial charge in [-0.3, -0.25) is 13.9 Å². The van der Waals surface area contributed by atoms with Crippen LogP contribution in [0.5, 0.6) is 0 Å². The number of hydrogen-bond donors (Lipinski definition) is 0. The van der Waals surface area contributed by atoms with E-state index >= 15 is 0 Å². The lowest BCUT2D eigenvalue weighted by Gasteiger charge is -2.19. The molecule has 3 heterocycles. The Morgan fingerprint density at radius 2 is 1.74 bits per heavy atom. The summed E-state index contributed by atoms with van der Waals surface area (Å²) in [5.41, 5.74) is 1.01. The largest absolute Gasteiger partial charge is 0.361 e. The van der Waals surface area contributed by atoms with E-state index in [0.29, 0.717) is 27.6 Å². The van der Waals surface area contributed by atoms with Gasteiger partial charge in [-0.05, 0) is 13.8 Å². The fraction of sp³-hybridized carbons (Fsp3) is 0.500. The Bertz CT molecular complexity index is 1130. The molecule has 9 heteroatoms. The van der Waals surface area contributed by atoms with Gasteiger partial charge in [0.2, 0.25) is 0 Å². The highest BCUT2D eigenvalue weighted by Gasteiger charge is 2.24. The summed E-state index contributed by atoms with van der Waals surface area (Å²) in [7, 11) is 3.08. The maximum absolute atomic E-state index is 12.8. The molecule has 0 bridgehead atoms. The maximum Gasteiger partial charge on any atom is 0.332 e. The Balaban J connectivity index is 2.26. The minimum atomic E-state index is -0.410. The number of hydrogen-bond acceptors (Lipinski definition) is 7. The second kappa shape index (κ2) is 6.63. The quantitative estimate of drug-likeness (QED) is 0.500. The summed E-state index contributed by atoms with van der Waals surface area (Å²) in [6.45, 7) is 9.73. The van der Waals surface area contributed by atoms with Gasteiger partial charge < -0.3 is 4.52 Å². The summed E-state index contributed by atoms with van der Waals surface area (Å²) in [6, 6.07) is 0. The zero-order valence-electron chi connectivity index (χ0n) is 16.6. The van der Waals surface area contributed by atoms with E-state index in [1.807, 2.05) is 34.6 Å². The van der Waals surface area contributed by atoms with Gasteiger partial charge in [-0.15, -0.1) is 11.8 Å². The molecular weight excluding hydrogens is 366 g/mol. The second-order valence-electron chi connectivity index (χ2n) is 7.60. The fourth-order valence-corrected chi connectivity index (χ4v) is 3.88. The summed E-state index contributed by atoms with van der Waals surface area (Å²) < 4.78 is 7.70. The molecule has 0 saturated heterocycles. The molecule has 3 aromatic rings. The van der Waals surface area contributed by atoms with Crippen LogP contribution in [0.2, 0.25) is 0 Å². The van der Waals surface area contributed by atoms with E-state index in [0.717, 1.165) is 21.6 Å². The minimum absolute atomic E-state index is 0.330. The summed E-state index contributed by atoms with van der Waals surface area (Å²) >= 11 is 1.42. The van der Waals surface area contributed by atoms with Gasteiger partial charge in [0.25, 0.3) is 5.56 Å². The predicted molar refractivity (Wildman–Crippen MR) is 104 cm³/mol. The Morgan fingerprint density at radius 1 is 1.07 bits per heavy atom. The molecule has 3 aromatic heterocycles. The van der Waals surface area contributed by atoms with Crippen molar-refractivity contribution in [2.75, 3.05) is 0 Å².